The smallest absolute Gasteiger partial charge is 0.267 e. The summed E-state index contributed by atoms with van der Waals surface area (Å²) in [5.74, 6) is 0.257. The van der Waals surface area contributed by atoms with E-state index in [1.54, 1.807) is 43.5 Å². The van der Waals surface area contributed by atoms with E-state index in [-0.39, 0.29) is 18.0 Å². The van der Waals surface area contributed by atoms with E-state index in [0.29, 0.717) is 22.2 Å². The summed E-state index contributed by atoms with van der Waals surface area (Å²) in [6.07, 6.45) is 0. The number of methoxy groups -OCH3 is 1. The fraction of sp³-hybridized carbons (Fsp3) is 0.105. The molecule has 0 saturated heterocycles. The first kappa shape index (κ1) is 17.7. The summed E-state index contributed by atoms with van der Waals surface area (Å²) in [5, 5.41) is 7.49. The first-order chi connectivity index (χ1) is 12.6. The molecule has 0 saturated carbocycles. The Morgan fingerprint density at radius 1 is 1.15 bits per heavy atom. The first-order valence-corrected chi connectivity index (χ1v) is 8.21. The van der Waals surface area contributed by atoms with Crippen LogP contribution in [0.4, 0.5) is 5.69 Å². The molecule has 1 heterocycles. The molecule has 0 aliphatic carbocycles. The van der Waals surface area contributed by atoms with Crippen LogP contribution in [-0.4, -0.2) is 22.8 Å². The molecule has 0 fully saturated rings. The molecule has 3 rings (SSSR count). The van der Waals surface area contributed by atoms with Crippen LogP contribution in [0.2, 0.25) is 5.02 Å². The Kier molecular flexibility index (Phi) is 5.34. The number of benzene rings is 2. The van der Waals surface area contributed by atoms with Crippen LogP contribution in [0, 0.1) is 0 Å². The second kappa shape index (κ2) is 7.84. The molecule has 0 atom stereocenters. The molecular formula is C19H16ClN3O3. The Morgan fingerprint density at radius 3 is 2.73 bits per heavy atom. The number of nitrogens with one attached hydrogen (secondary N) is 1. The maximum absolute atomic E-state index is 12.2. The molecule has 0 aliphatic rings. The van der Waals surface area contributed by atoms with Gasteiger partial charge in [0.25, 0.3) is 5.56 Å². The molecule has 6 nitrogen and oxygen atoms in total. The van der Waals surface area contributed by atoms with Crippen LogP contribution in [0.25, 0.3) is 11.3 Å². The Labute approximate surface area is 155 Å². The van der Waals surface area contributed by atoms with Crippen molar-refractivity contribution in [2.24, 2.45) is 0 Å². The number of para-hydroxylation sites is 1. The highest BCUT2D eigenvalue weighted by Gasteiger charge is 2.11. The summed E-state index contributed by atoms with van der Waals surface area (Å²) in [6.45, 7) is -0.214. The van der Waals surface area contributed by atoms with Crippen LogP contribution in [0.1, 0.15) is 0 Å². The van der Waals surface area contributed by atoms with Gasteiger partial charge in [0.15, 0.2) is 0 Å². The van der Waals surface area contributed by atoms with E-state index in [2.05, 4.69) is 10.4 Å². The molecule has 1 aromatic heterocycles. The molecule has 1 N–H and O–H groups in total. The van der Waals surface area contributed by atoms with Crippen LogP contribution in [0.3, 0.4) is 0 Å². The van der Waals surface area contributed by atoms with Gasteiger partial charge in [0.05, 0.1) is 12.8 Å². The average molecular weight is 370 g/mol. The molecule has 1 amide bonds. The highest BCUT2D eigenvalue weighted by Crippen LogP contribution is 2.27. The van der Waals surface area contributed by atoms with Gasteiger partial charge in [-0.2, -0.15) is 5.10 Å². The van der Waals surface area contributed by atoms with Crippen molar-refractivity contribution in [1.82, 2.24) is 9.78 Å². The summed E-state index contributed by atoms with van der Waals surface area (Å²) in [7, 11) is 1.56. The second-order valence-corrected chi connectivity index (χ2v) is 5.91. The van der Waals surface area contributed by atoms with E-state index >= 15 is 0 Å². The third kappa shape index (κ3) is 4.10. The largest absolute Gasteiger partial charge is 0.496 e. The minimum Gasteiger partial charge on any atom is -0.496 e. The van der Waals surface area contributed by atoms with Gasteiger partial charge in [-0.3, -0.25) is 9.59 Å². The summed E-state index contributed by atoms with van der Waals surface area (Å²) in [5.41, 5.74) is 1.46. The van der Waals surface area contributed by atoms with Crippen LogP contribution >= 0.6 is 11.6 Å². The zero-order chi connectivity index (χ0) is 18.5. The summed E-state index contributed by atoms with van der Waals surface area (Å²) < 4.78 is 6.43. The fourth-order valence-corrected chi connectivity index (χ4v) is 2.66. The van der Waals surface area contributed by atoms with Gasteiger partial charge in [0, 0.05) is 22.3 Å². The summed E-state index contributed by atoms with van der Waals surface area (Å²) in [6, 6.07) is 17.1. The monoisotopic (exact) mass is 369 g/mol. The highest BCUT2D eigenvalue weighted by atomic mass is 35.5. The van der Waals surface area contributed by atoms with E-state index in [1.807, 2.05) is 18.2 Å². The number of nitrogens with zero attached hydrogens (tertiary/aromatic N) is 2. The van der Waals surface area contributed by atoms with E-state index in [9.17, 15) is 9.59 Å². The minimum absolute atomic E-state index is 0.214. The van der Waals surface area contributed by atoms with Gasteiger partial charge in [0.1, 0.15) is 12.3 Å². The number of hydrogen-bond acceptors (Lipinski definition) is 4. The standard InChI is InChI=1S/C19H16ClN3O3/c1-26-17-8-3-2-7-15(17)16-9-10-19(25)23(22-16)12-18(24)21-14-6-4-5-13(20)11-14/h2-11H,12H2,1H3,(H,21,24). The number of halogens is 1. The van der Waals surface area contributed by atoms with Crippen molar-refractivity contribution in [3.63, 3.8) is 0 Å². The van der Waals surface area contributed by atoms with Crippen molar-refractivity contribution < 1.29 is 9.53 Å². The van der Waals surface area contributed by atoms with Crippen molar-refractivity contribution in [3.05, 3.63) is 76.0 Å². The van der Waals surface area contributed by atoms with Gasteiger partial charge in [-0.1, -0.05) is 29.8 Å². The second-order valence-electron chi connectivity index (χ2n) is 5.47. The zero-order valence-corrected chi connectivity index (χ0v) is 14.7. The van der Waals surface area contributed by atoms with Crippen molar-refractivity contribution in [3.8, 4) is 17.0 Å². The number of carbonyl (C=O) groups excluding carboxylic acids is 1. The Bertz CT molecular complexity index is 1000. The quantitative estimate of drug-likeness (QED) is 0.749. The van der Waals surface area contributed by atoms with Crippen molar-refractivity contribution >= 4 is 23.2 Å². The molecule has 132 valence electrons. The number of carbonyl (C=O) groups is 1. The van der Waals surface area contributed by atoms with Gasteiger partial charge in [-0.15, -0.1) is 0 Å². The average Bonchev–Trinajstić information content (AvgIpc) is 2.63. The van der Waals surface area contributed by atoms with E-state index in [0.717, 1.165) is 10.2 Å². The van der Waals surface area contributed by atoms with Crippen LogP contribution in [0.5, 0.6) is 5.75 Å². The van der Waals surface area contributed by atoms with Crippen molar-refractivity contribution in [1.29, 1.82) is 0 Å². The molecule has 3 aromatic rings. The molecule has 26 heavy (non-hydrogen) atoms. The SMILES string of the molecule is COc1ccccc1-c1ccc(=O)n(CC(=O)Nc2cccc(Cl)c2)n1. The lowest BCUT2D eigenvalue weighted by molar-refractivity contribution is -0.117. The van der Waals surface area contributed by atoms with E-state index < -0.39 is 0 Å². The number of anilines is 1. The third-order valence-electron chi connectivity index (χ3n) is 3.65. The molecule has 0 aliphatic heterocycles. The van der Waals surface area contributed by atoms with Gasteiger partial charge < -0.3 is 10.1 Å². The molecule has 0 bridgehead atoms. The van der Waals surface area contributed by atoms with Crippen LogP contribution in [0.15, 0.2) is 65.5 Å². The summed E-state index contributed by atoms with van der Waals surface area (Å²) in [4.78, 5) is 24.3. The lowest BCUT2D eigenvalue weighted by Gasteiger charge is -2.10. The lowest BCUT2D eigenvalue weighted by atomic mass is 10.1. The first-order valence-electron chi connectivity index (χ1n) is 7.84. The van der Waals surface area contributed by atoms with Gasteiger partial charge in [-0.05, 0) is 36.4 Å². The number of hydrogen-bond donors (Lipinski definition) is 1. The third-order valence-corrected chi connectivity index (χ3v) is 3.89. The molecule has 0 unspecified atom stereocenters. The summed E-state index contributed by atoms with van der Waals surface area (Å²) >= 11 is 5.90. The Hall–Kier alpha value is -3.12. The number of rotatable bonds is 5. The van der Waals surface area contributed by atoms with Crippen LogP contribution in [-0.2, 0) is 11.3 Å². The van der Waals surface area contributed by atoms with E-state index in [1.165, 1.54) is 6.07 Å². The maximum atomic E-state index is 12.2. The fourth-order valence-electron chi connectivity index (χ4n) is 2.46. The van der Waals surface area contributed by atoms with Crippen LogP contribution < -0.4 is 15.6 Å². The highest BCUT2D eigenvalue weighted by molar-refractivity contribution is 6.30. The van der Waals surface area contributed by atoms with Gasteiger partial charge in [-0.25, -0.2) is 4.68 Å². The molecular weight excluding hydrogens is 354 g/mol. The normalized spacial score (nSPS) is 10.4. The van der Waals surface area contributed by atoms with Crippen molar-refractivity contribution in [2.75, 3.05) is 12.4 Å². The minimum atomic E-state index is -0.376. The van der Waals surface area contributed by atoms with Gasteiger partial charge >= 0.3 is 0 Å². The predicted octanol–water partition coefficient (Wildman–Crippen LogP) is 3.21. The Balaban J connectivity index is 1.84. The molecule has 2 aromatic carbocycles. The molecule has 0 spiro atoms. The zero-order valence-electron chi connectivity index (χ0n) is 14.0. The van der Waals surface area contributed by atoms with E-state index in [4.69, 9.17) is 16.3 Å². The molecule has 0 radical (unpaired) electrons. The lowest BCUT2D eigenvalue weighted by Crippen LogP contribution is -2.29. The number of amides is 1. The predicted molar refractivity (Wildman–Crippen MR) is 101 cm³/mol. The topological polar surface area (TPSA) is 73.2 Å². The molecule has 7 heteroatoms. The maximum Gasteiger partial charge on any atom is 0.267 e. The van der Waals surface area contributed by atoms with Crippen molar-refractivity contribution in [2.45, 2.75) is 6.54 Å². The van der Waals surface area contributed by atoms with Gasteiger partial charge in [0.2, 0.25) is 5.91 Å². The number of aromatic nitrogens is 2. The number of ether oxygens (including phenoxy) is 1. The Morgan fingerprint density at radius 2 is 1.96 bits per heavy atom.